The first-order valence-electron chi connectivity index (χ1n) is 9.01. The van der Waals surface area contributed by atoms with Gasteiger partial charge in [-0.2, -0.15) is 11.8 Å². The van der Waals surface area contributed by atoms with Crippen LogP contribution in [0.5, 0.6) is 0 Å². The summed E-state index contributed by atoms with van der Waals surface area (Å²) in [6.45, 7) is 3.31. The van der Waals surface area contributed by atoms with Crippen LogP contribution >= 0.6 is 11.8 Å². The second-order valence-electron chi connectivity index (χ2n) is 6.38. The molecule has 144 valence electrons. The van der Waals surface area contributed by atoms with Gasteiger partial charge >= 0.3 is 0 Å². The Morgan fingerprint density at radius 1 is 1.11 bits per heavy atom. The van der Waals surface area contributed by atoms with Crippen molar-refractivity contribution < 1.29 is 13.2 Å². The van der Waals surface area contributed by atoms with Gasteiger partial charge in [-0.05, 0) is 23.8 Å². The molecule has 1 heterocycles. The van der Waals surface area contributed by atoms with Crippen molar-refractivity contribution in [3.8, 4) is 0 Å². The standard InChI is InChI=1S/C20H24N2O3S2/c1-2-27(24,25)18-10-6-9-17(15-18)21-20(23)19(16-7-4-3-5-8-16)22-11-13-26-14-12-22/h3-10,15,19H,2,11-14H2,1H3,(H,21,23). The van der Waals surface area contributed by atoms with Crippen LogP contribution in [0.1, 0.15) is 18.5 Å². The van der Waals surface area contributed by atoms with Crippen molar-refractivity contribution in [2.75, 3.05) is 35.7 Å². The molecule has 2 aromatic rings. The van der Waals surface area contributed by atoms with Gasteiger partial charge in [-0.25, -0.2) is 8.42 Å². The number of nitrogens with zero attached hydrogens (tertiary/aromatic N) is 1. The SMILES string of the molecule is CCS(=O)(=O)c1cccc(NC(=O)C(c2ccccc2)N2CCSCC2)c1. The maximum Gasteiger partial charge on any atom is 0.246 e. The number of amides is 1. The van der Waals surface area contributed by atoms with Crippen molar-refractivity contribution in [1.29, 1.82) is 0 Å². The molecule has 1 saturated heterocycles. The minimum atomic E-state index is -3.31. The fourth-order valence-corrected chi connectivity index (χ4v) is 5.00. The number of sulfone groups is 1. The number of hydrogen-bond donors (Lipinski definition) is 1. The Labute approximate surface area is 165 Å². The van der Waals surface area contributed by atoms with Crippen molar-refractivity contribution >= 4 is 33.2 Å². The van der Waals surface area contributed by atoms with Crippen LogP contribution in [0.3, 0.4) is 0 Å². The highest BCUT2D eigenvalue weighted by atomic mass is 32.2. The highest BCUT2D eigenvalue weighted by Gasteiger charge is 2.29. The van der Waals surface area contributed by atoms with Crippen LogP contribution < -0.4 is 5.32 Å². The molecule has 5 nitrogen and oxygen atoms in total. The van der Waals surface area contributed by atoms with E-state index in [0.29, 0.717) is 5.69 Å². The quantitative estimate of drug-likeness (QED) is 0.801. The van der Waals surface area contributed by atoms with Crippen LogP contribution in [0.25, 0.3) is 0 Å². The smallest absolute Gasteiger partial charge is 0.246 e. The first-order chi connectivity index (χ1) is 13.0. The summed E-state index contributed by atoms with van der Waals surface area (Å²) in [5.74, 6) is 1.89. The second kappa shape index (κ2) is 8.91. The number of carbonyl (C=O) groups excluding carboxylic acids is 1. The number of carbonyl (C=O) groups is 1. The molecule has 1 unspecified atom stereocenters. The first-order valence-corrected chi connectivity index (χ1v) is 11.8. The summed E-state index contributed by atoms with van der Waals surface area (Å²) >= 11 is 1.89. The lowest BCUT2D eigenvalue weighted by Gasteiger charge is -2.33. The minimum Gasteiger partial charge on any atom is -0.324 e. The average Bonchev–Trinajstić information content (AvgIpc) is 2.70. The van der Waals surface area contributed by atoms with Gasteiger partial charge in [-0.15, -0.1) is 0 Å². The Balaban J connectivity index is 1.86. The third-order valence-corrected chi connectivity index (χ3v) is 7.29. The van der Waals surface area contributed by atoms with Crippen molar-refractivity contribution in [1.82, 2.24) is 4.90 Å². The summed E-state index contributed by atoms with van der Waals surface area (Å²) in [5.41, 5.74) is 1.45. The highest BCUT2D eigenvalue weighted by molar-refractivity contribution is 7.99. The van der Waals surface area contributed by atoms with Crippen molar-refractivity contribution in [2.45, 2.75) is 17.9 Å². The van der Waals surface area contributed by atoms with Gasteiger partial charge in [0.1, 0.15) is 6.04 Å². The summed E-state index contributed by atoms with van der Waals surface area (Å²) in [6.07, 6.45) is 0. The summed E-state index contributed by atoms with van der Waals surface area (Å²) in [7, 11) is -3.31. The van der Waals surface area contributed by atoms with Crippen molar-refractivity contribution in [3.63, 3.8) is 0 Å². The molecule has 0 aliphatic carbocycles. The molecular formula is C20H24N2O3S2. The Morgan fingerprint density at radius 3 is 2.48 bits per heavy atom. The normalized spacial score (nSPS) is 16.6. The van der Waals surface area contributed by atoms with Crippen molar-refractivity contribution in [2.24, 2.45) is 0 Å². The molecule has 7 heteroatoms. The van der Waals surface area contributed by atoms with Gasteiger partial charge in [-0.1, -0.05) is 43.3 Å². The molecule has 0 spiro atoms. The van der Waals surface area contributed by atoms with E-state index in [9.17, 15) is 13.2 Å². The zero-order valence-corrected chi connectivity index (χ0v) is 16.9. The zero-order chi connectivity index (χ0) is 19.3. The summed E-state index contributed by atoms with van der Waals surface area (Å²) in [4.78, 5) is 15.6. The van der Waals surface area contributed by atoms with Crippen LogP contribution in [0, 0.1) is 0 Å². The van der Waals surface area contributed by atoms with E-state index in [4.69, 9.17) is 0 Å². The first kappa shape index (κ1) is 19.9. The molecule has 1 atom stereocenters. The zero-order valence-electron chi connectivity index (χ0n) is 15.3. The number of hydrogen-bond acceptors (Lipinski definition) is 5. The van der Waals surface area contributed by atoms with Crippen LogP contribution in [-0.2, 0) is 14.6 Å². The van der Waals surface area contributed by atoms with E-state index in [0.717, 1.165) is 30.2 Å². The number of anilines is 1. The summed E-state index contributed by atoms with van der Waals surface area (Å²) in [6, 6.07) is 15.8. The second-order valence-corrected chi connectivity index (χ2v) is 9.89. The predicted octanol–water partition coefficient (Wildman–Crippen LogP) is 3.21. The van der Waals surface area contributed by atoms with Crippen LogP contribution in [-0.4, -0.2) is 49.6 Å². The molecule has 0 bridgehead atoms. The van der Waals surface area contributed by atoms with Gasteiger partial charge in [-0.3, -0.25) is 9.69 Å². The number of thioether (sulfide) groups is 1. The van der Waals surface area contributed by atoms with Gasteiger partial charge < -0.3 is 5.32 Å². The molecule has 1 fully saturated rings. The molecule has 1 N–H and O–H groups in total. The van der Waals surface area contributed by atoms with Gasteiger partial charge in [0, 0.05) is 30.3 Å². The van der Waals surface area contributed by atoms with Crippen LogP contribution in [0.2, 0.25) is 0 Å². The third-order valence-electron chi connectivity index (χ3n) is 4.62. The lowest BCUT2D eigenvalue weighted by atomic mass is 10.0. The van der Waals surface area contributed by atoms with Gasteiger partial charge in [0.05, 0.1) is 10.6 Å². The molecule has 1 aliphatic heterocycles. The minimum absolute atomic E-state index is 0.0302. The molecule has 3 rings (SSSR count). The van der Waals surface area contributed by atoms with Crippen molar-refractivity contribution in [3.05, 3.63) is 60.2 Å². The predicted molar refractivity (Wildman–Crippen MR) is 111 cm³/mol. The fraction of sp³-hybridized carbons (Fsp3) is 0.350. The lowest BCUT2D eigenvalue weighted by molar-refractivity contribution is -0.121. The molecule has 2 aromatic carbocycles. The van der Waals surface area contributed by atoms with E-state index in [1.54, 1.807) is 25.1 Å². The van der Waals surface area contributed by atoms with E-state index >= 15 is 0 Å². The third kappa shape index (κ3) is 4.91. The Kier molecular flexibility index (Phi) is 6.57. The van der Waals surface area contributed by atoms with E-state index in [1.165, 1.54) is 6.07 Å². The van der Waals surface area contributed by atoms with E-state index in [1.807, 2.05) is 42.1 Å². The van der Waals surface area contributed by atoms with Gasteiger partial charge in [0.25, 0.3) is 0 Å². The van der Waals surface area contributed by atoms with Crippen LogP contribution in [0.15, 0.2) is 59.5 Å². The van der Waals surface area contributed by atoms with E-state index in [-0.39, 0.29) is 16.6 Å². The van der Waals surface area contributed by atoms with Gasteiger partial charge in [0.2, 0.25) is 5.91 Å². The molecule has 27 heavy (non-hydrogen) atoms. The molecule has 0 saturated carbocycles. The largest absolute Gasteiger partial charge is 0.324 e. The molecule has 1 aliphatic rings. The molecule has 0 aromatic heterocycles. The Hall–Kier alpha value is -1.83. The number of benzene rings is 2. The summed E-state index contributed by atoms with van der Waals surface area (Å²) < 4.78 is 24.2. The number of rotatable bonds is 6. The van der Waals surface area contributed by atoms with Crippen LogP contribution in [0.4, 0.5) is 5.69 Å². The molecular weight excluding hydrogens is 380 g/mol. The number of nitrogens with one attached hydrogen (secondary N) is 1. The van der Waals surface area contributed by atoms with E-state index in [2.05, 4.69) is 10.2 Å². The Morgan fingerprint density at radius 2 is 1.81 bits per heavy atom. The Bertz CT molecular complexity index is 879. The fourth-order valence-electron chi connectivity index (χ4n) is 3.14. The maximum absolute atomic E-state index is 13.1. The average molecular weight is 405 g/mol. The van der Waals surface area contributed by atoms with Gasteiger partial charge in [0.15, 0.2) is 9.84 Å². The topological polar surface area (TPSA) is 66.5 Å². The maximum atomic E-state index is 13.1. The monoisotopic (exact) mass is 404 g/mol. The molecule has 0 radical (unpaired) electrons. The highest BCUT2D eigenvalue weighted by Crippen LogP contribution is 2.26. The lowest BCUT2D eigenvalue weighted by Crippen LogP contribution is -2.41. The molecule has 1 amide bonds. The summed E-state index contributed by atoms with van der Waals surface area (Å²) in [5, 5.41) is 2.92. The van der Waals surface area contributed by atoms with E-state index < -0.39 is 15.9 Å².